The first-order valence-electron chi connectivity index (χ1n) is 23.2. The average molecular weight is 915 g/mol. The lowest BCUT2D eigenvalue weighted by Gasteiger charge is -2.46. The quantitative estimate of drug-likeness (QED) is 0.138. The number of aromatic nitrogens is 4. The maximum atomic E-state index is 14.0. The summed E-state index contributed by atoms with van der Waals surface area (Å²) in [6.45, 7) is 16.0. The number of aryl methyl sites for hydroxylation is 2. The summed E-state index contributed by atoms with van der Waals surface area (Å²) in [5.74, 6) is 1.09. The van der Waals surface area contributed by atoms with E-state index in [2.05, 4.69) is 23.6 Å². The Hall–Kier alpha value is -5.61. The van der Waals surface area contributed by atoms with Crippen molar-refractivity contribution in [3.8, 4) is 11.1 Å². The molecule has 3 aromatic heterocycles. The number of nitrogens with two attached hydrogens (primary N) is 1. The van der Waals surface area contributed by atoms with Gasteiger partial charge in [-0.15, -0.1) is 0 Å². The van der Waals surface area contributed by atoms with Crippen molar-refractivity contribution < 1.29 is 22.7 Å². The Morgan fingerprint density at radius 2 is 1.59 bits per heavy atom. The normalized spacial score (nSPS) is 19.9. The van der Waals surface area contributed by atoms with E-state index in [-0.39, 0.29) is 41.2 Å². The summed E-state index contributed by atoms with van der Waals surface area (Å²) < 4.78 is 43.4. The van der Waals surface area contributed by atoms with Gasteiger partial charge in [0.1, 0.15) is 16.7 Å². The molecule has 1 amide bonds. The Balaban J connectivity index is 1.07. The molecule has 348 valence electrons. The number of benzene rings is 3. The second-order valence-corrected chi connectivity index (χ2v) is 21.5. The highest BCUT2D eigenvalue weighted by molar-refractivity contribution is 7.90. The molecule has 0 spiro atoms. The summed E-state index contributed by atoms with van der Waals surface area (Å²) in [5.41, 5.74) is 9.52. The zero-order valence-corrected chi connectivity index (χ0v) is 39.9. The van der Waals surface area contributed by atoms with Gasteiger partial charge in [-0.3, -0.25) is 9.69 Å². The van der Waals surface area contributed by atoms with Gasteiger partial charge in [-0.25, -0.2) is 27.2 Å². The van der Waals surface area contributed by atoms with Gasteiger partial charge in [0, 0.05) is 87.1 Å². The Morgan fingerprint density at radius 1 is 0.879 bits per heavy atom. The van der Waals surface area contributed by atoms with Crippen LogP contribution in [0.5, 0.6) is 0 Å². The first-order chi connectivity index (χ1) is 31.5. The zero-order chi connectivity index (χ0) is 46.7. The lowest BCUT2D eigenvalue weighted by molar-refractivity contribution is -0.0259. The van der Waals surface area contributed by atoms with Crippen LogP contribution in [-0.2, 0) is 32.1 Å². The van der Waals surface area contributed by atoms with E-state index in [1.54, 1.807) is 43.6 Å². The minimum Gasteiger partial charge on any atom is -0.444 e. The van der Waals surface area contributed by atoms with Crippen LogP contribution in [-0.4, -0.2) is 106 Å². The SMILES string of the molecule is Cc1ccc(S(=O)(=O)n2ccc3c(-c4ccc5nc(N6CCC(CN7C[C@@H](C)N(C(=O)OC(C)(C)C)C[C@@H]7C)CC6)nc(C(CN)(OC6CC6)c6ccccc6)c5c4)cn(C)c(=O)c32)cc1. The monoisotopic (exact) mass is 914 g/mol. The third kappa shape index (κ3) is 8.73. The van der Waals surface area contributed by atoms with E-state index >= 15 is 0 Å². The number of pyridine rings is 1. The Labute approximate surface area is 387 Å². The largest absolute Gasteiger partial charge is 0.444 e. The van der Waals surface area contributed by atoms with Gasteiger partial charge >= 0.3 is 6.09 Å². The van der Waals surface area contributed by atoms with E-state index in [4.69, 9.17) is 25.2 Å². The minimum absolute atomic E-state index is 0.0239. The number of piperidine rings is 1. The third-order valence-corrected chi connectivity index (χ3v) is 15.2. The van der Waals surface area contributed by atoms with Crippen LogP contribution < -0.4 is 16.2 Å². The van der Waals surface area contributed by atoms with E-state index in [0.717, 1.165) is 83.4 Å². The Kier molecular flexibility index (Phi) is 12.1. The fraction of sp³-hybridized carbons (Fsp3) is 0.451. The highest BCUT2D eigenvalue weighted by atomic mass is 32.2. The first kappa shape index (κ1) is 45.5. The highest BCUT2D eigenvalue weighted by Crippen LogP contribution is 2.43. The summed E-state index contributed by atoms with van der Waals surface area (Å²) in [6.07, 6.45) is 6.77. The predicted octanol–water partition coefficient (Wildman–Crippen LogP) is 7.42. The number of nitrogens with zero attached hydrogens (tertiary/aromatic N) is 7. The average Bonchev–Trinajstić information content (AvgIpc) is 4.00. The molecule has 9 rings (SSSR count). The van der Waals surface area contributed by atoms with Crippen LogP contribution >= 0.6 is 0 Å². The van der Waals surface area contributed by atoms with Crippen LogP contribution in [0.4, 0.5) is 10.7 Å². The van der Waals surface area contributed by atoms with E-state index in [0.29, 0.717) is 35.1 Å². The number of anilines is 1. The number of hydrogen-bond acceptors (Lipinski definition) is 11. The molecule has 66 heavy (non-hydrogen) atoms. The lowest BCUT2D eigenvalue weighted by atomic mass is 9.86. The molecule has 3 aromatic carbocycles. The van der Waals surface area contributed by atoms with Crippen LogP contribution in [0.2, 0.25) is 0 Å². The first-order valence-corrected chi connectivity index (χ1v) is 24.7. The molecule has 15 heteroatoms. The fourth-order valence-electron chi connectivity index (χ4n) is 9.69. The Morgan fingerprint density at radius 3 is 2.26 bits per heavy atom. The van der Waals surface area contributed by atoms with E-state index in [1.807, 2.05) is 81.1 Å². The van der Waals surface area contributed by atoms with E-state index in [9.17, 15) is 18.0 Å². The molecule has 2 aliphatic heterocycles. The number of ether oxygens (including phenoxy) is 2. The number of hydrogen-bond donors (Lipinski definition) is 1. The molecule has 0 bridgehead atoms. The number of fused-ring (bicyclic) bond motifs is 2. The van der Waals surface area contributed by atoms with Gasteiger partial charge in [0.15, 0.2) is 0 Å². The van der Waals surface area contributed by atoms with Crippen molar-refractivity contribution in [3.63, 3.8) is 0 Å². The maximum Gasteiger partial charge on any atom is 0.410 e. The highest BCUT2D eigenvalue weighted by Gasteiger charge is 2.43. The summed E-state index contributed by atoms with van der Waals surface area (Å²) in [4.78, 5) is 44.3. The lowest BCUT2D eigenvalue weighted by Crippen LogP contribution is -2.59. The van der Waals surface area contributed by atoms with Crippen molar-refractivity contribution in [1.82, 2.24) is 28.3 Å². The summed E-state index contributed by atoms with van der Waals surface area (Å²) in [6, 6.07) is 24.6. The van der Waals surface area contributed by atoms with Crippen molar-refractivity contribution in [2.75, 3.05) is 44.2 Å². The Bertz CT molecular complexity index is 2940. The molecular formula is C51H62N8O6S. The number of rotatable bonds is 11. The van der Waals surface area contributed by atoms with Crippen molar-refractivity contribution in [3.05, 3.63) is 118 Å². The fourth-order valence-corrected chi connectivity index (χ4v) is 11.0. The number of carbonyl (C=O) groups is 1. The molecular weight excluding hydrogens is 853 g/mol. The minimum atomic E-state index is -4.09. The third-order valence-electron chi connectivity index (χ3n) is 13.5. The maximum absolute atomic E-state index is 14.0. The molecule has 3 fully saturated rings. The van der Waals surface area contributed by atoms with Gasteiger partial charge in [-0.1, -0.05) is 54.1 Å². The molecule has 2 N–H and O–H groups in total. The van der Waals surface area contributed by atoms with Gasteiger partial charge in [0.2, 0.25) is 5.95 Å². The molecule has 3 atom stereocenters. The summed E-state index contributed by atoms with van der Waals surface area (Å²) >= 11 is 0. The molecule has 3 aliphatic rings. The van der Waals surface area contributed by atoms with Gasteiger partial charge in [0.05, 0.1) is 22.2 Å². The molecule has 6 aromatic rings. The number of amides is 1. The van der Waals surface area contributed by atoms with Crippen molar-refractivity contribution in [2.24, 2.45) is 18.7 Å². The molecule has 14 nitrogen and oxygen atoms in total. The van der Waals surface area contributed by atoms with Crippen LogP contribution in [0.25, 0.3) is 32.9 Å². The zero-order valence-electron chi connectivity index (χ0n) is 39.1. The molecule has 5 heterocycles. The van der Waals surface area contributed by atoms with Gasteiger partial charge in [0.25, 0.3) is 15.6 Å². The second kappa shape index (κ2) is 17.6. The van der Waals surface area contributed by atoms with Crippen molar-refractivity contribution in [2.45, 2.75) is 102 Å². The van der Waals surface area contributed by atoms with Gasteiger partial charge in [-0.05, 0) is 115 Å². The molecule has 2 saturated heterocycles. The topological polar surface area (TPSA) is 158 Å². The molecule has 1 aliphatic carbocycles. The van der Waals surface area contributed by atoms with Gasteiger partial charge in [-0.2, -0.15) is 0 Å². The number of piperazine rings is 1. The molecule has 1 unspecified atom stereocenters. The van der Waals surface area contributed by atoms with Crippen molar-refractivity contribution in [1.29, 1.82) is 0 Å². The van der Waals surface area contributed by atoms with Crippen LogP contribution in [0, 0.1) is 12.8 Å². The molecule has 0 radical (unpaired) electrons. The number of carbonyl (C=O) groups excluding carboxylic acids is 1. The van der Waals surface area contributed by atoms with Crippen LogP contribution in [0.15, 0.2) is 101 Å². The predicted molar refractivity (Wildman–Crippen MR) is 258 cm³/mol. The van der Waals surface area contributed by atoms with E-state index in [1.165, 1.54) is 10.8 Å². The second-order valence-electron chi connectivity index (χ2n) is 19.7. The van der Waals surface area contributed by atoms with E-state index < -0.39 is 26.8 Å². The standard InChI is InChI=1S/C51H62N8O6S/c1-33-13-18-40(19-14-33)66(62,63)59-26-23-41-43(31-55(7)47(60)45(41)59)37-15-20-44-42(27-37)46(51(32-52,64-39-16-17-39)38-11-9-8-10-12-38)54-48(53-44)56-24-21-36(22-25-56)30-57-28-35(3)58(29-34(57)2)49(61)65-50(4,5)6/h8-15,18-20,23,26-27,31,34-36,39H,16-17,21-22,24-25,28-30,32,52H2,1-7H3/t34-,35+,51?/m0/s1. The molecule has 1 saturated carbocycles. The summed E-state index contributed by atoms with van der Waals surface area (Å²) in [7, 11) is -2.45. The van der Waals surface area contributed by atoms with Crippen LogP contribution in [0.1, 0.15) is 77.1 Å². The van der Waals surface area contributed by atoms with Crippen LogP contribution in [0.3, 0.4) is 0 Å². The van der Waals surface area contributed by atoms with Gasteiger partial charge < -0.3 is 29.6 Å². The summed E-state index contributed by atoms with van der Waals surface area (Å²) in [5, 5.41) is 1.26. The smallest absolute Gasteiger partial charge is 0.410 e. The van der Waals surface area contributed by atoms with Crippen molar-refractivity contribution >= 4 is 43.9 Å².